The zero-order valence-electron chi connectivity index (χ0n) is 10.0. The van der Waals surface area contributed by atoms with Crippen LogP contribution in [0.4, 0.5) is 5.69 Å². The Morgan fingerprint density at radius 2 is 2.11 bits per heavy atom. The van der Waals surface area contributed by atoms with Gasteiger partial charge in [0.1, 0.15) is 0 Å². The maximum atomic E-state index is 11.6. The van der Waals surface area contributed by atoms with Crippen molar-refractivity contribution in [2.75, 3.05) is 5.32 Å². The predicted molar refractivity (Wildman–Crippen MR) is 73.9 cm³/mol. The summed E-state index contributed by atoms with van der Waals surface area (Å²) in [6, 6.07) is 6.14. The molecule has 1 aliphatic carbocycles. The van der Waals surface area contributed by atoms with Crippen LogP contribution >= 0.6 is 15.9 Å². The smallest absolute Gasteiger partial charge is 0.311 e. The topological polar surface area (TPSA) is 49.3 Å². The van der Waals surface area contributed by atoms with E-state index in [1.807, 2.05) is 18.2 Å². The van der Waals surface area contributed by atoms with Crippen LogP contribution in [0, 0.1) is 5.92 Å². The van der Waals surface area contributed by atoms with Gasteiger partial charge in [0.2, 0.25) is 0 Å². The normalized spacial score (nSPS) is 29.9. The van der Waals surface area contributed by atoms with Crippen molar-refractivity contribution in [2.24, 2.45) is 5.92 Å². The molecule has 1 aliphatic heterocycles. The summed E-state index contributed by atoms with van der Waals surface area (Å²) in [5.41, 5.74) is 1.91. The molecule has 3 unspecified atom stereocenters. The molecule has 0 amide bonds. The van der Waals surface area contributed by atoms with Gasteiger partial charge in [-0.25, -0.2) is 0 Å². The molecule has 3 nitrogen and oxygen atoms in total. The molecule has 96 valence electrons. The number of carboxylic acids is 1. The highest BCUT2D eigenvalue weighted by molar-refractivity contribution is 9.10. The number of para-hydroxylation sites is 1. The summed E-state index contributed by atoms with van der Waals surface area (Å²) in [5, 5.41) is 13.1. The van der Waals surface area contributed by atoms with E-state index in [-0.39, 0.29) is 11.8 Å². The fourth-order valence-corrected chi connectivity index (χ4v) is 3.92. The summed E-state index contributed by atoms with van der Waals surface area (Å²) < 4.78 is 0.968. The number of rotatable bonds is 1. The number of halogens is 1. The third kappa shape index (κ3) is 1.83. The highest BCUT2D eigenvalue weighted by Gasteiger charge is 2.42. The number of carboxylic acid groups (broad SMARTS) is 1. The molecule has 0 saturated heterocycles. The van der Waals surface area contributed by atoms with Crippen molar-refractivity contribution in [3.8, 4) is 0 Å². The quantitative estimate of drug-likeness (QED) is 0.833. The van der Waals surface area contributed by atoms with E-state index in [1.54, 1.807) is 0 Å². The molecule has 3 atom stereocenters. The van der Waals surface area contributed by atoms with Crippen LogP contribution in [0.2, 0.25) is 0 Å². The van der Waals surface area contributed by atoms with Crippen LogP contribution in [-0.2, 0) is 4.79 Å². The van der Waals surface area contributed by atoms with Crippen molar-refractivity contribution in [3.05, 3.63) is 28.2 Å². The second-order valence-electron chi connectivity index (χ2n) is 5.22. The molecule has 1 saturated carbocycles. The molecule has 3 rings (SSSR count). The van der Waals surface area contributed by atoms with E-state index >= 15 is 0 Å². The van der Waals surface area contributed by atoms with Gasteiger partial charge >= 0.3 is 5.97 Å². The molecule has 0 aromatic heterocycles. The molecule has 1 aromatic carbocycles. The Morgan fingerprint density at radius 3 is 2.89 bits per heavy atom. The molecule has 1 fully saturated rings. The van der Waals surface area contributed by atoms with E-state index in [4.69, 9.17) is 0 Å². The van der Waals surface area contributed by atoms with Crippen LogP contribution in [-0.4, -0.2) is 17.1 Å². The fourth-order valence-electron chi connectivity index (χ4n) is 3.42. The zero-order valence-corrected chi connectivity index (χ0v) is 11.6. The van der Waals surface area contributed by atoms with Crippen LogP contribution in [0.1, 0.15) is 37.2 Å². The lowest BCUT2D eigenvalue weighted by Gasteiger charge is -2.42. The van der Waals surface area contributed by atoms with Gasteiger partial charge in [-0.1, -0.05) is 25.0 Å². The molecular formula is C14H16BrNO2. The van der Waals surface area contributed by atoms with Gasteiger partial charge in [-0.2, -0.15) is 0 Å². The van der Waals surface area contributed by atoms with Gasteiger partial charge in [0.15, 0.2) is 0 Å². The number of benzene rings is 1. The first-order valence-corrected chi connectivity index (χ1v) is 7.25. The molecule has 0 bridgehead atoms. The average Bonchev–Trinajstić information content (AvgIpc) is 2.36. The summed E-state index contributed by atoms with van der Waals surface area (Å²) in [6.45, 7) is 0. The van der Waals surface area contributed by atoms with Gasteiger partial charge in [-0.15, -0.1) is 0 Å². The molecule has 2 aliphatic rings. The Kier molecular flexibility index (Phi) is 3.06. The van der Waals surface area contributed by atoms with E-state index in [9.17, 15) is 9.90 Å². The lowest BCUT2D eigenvalue weighted by atomic mass is 9.71. The van der Waals surface area contributed by atoms with Crippen LogP contribution in [0.3, 0.4) is 0 Å². The average molecular weight is 310 g/mol. The number of nitrogens with one attached hydrogen (secondary N) is 1. The molecule has 2 N–H and O–H groups in total. The van der Waals surface area contributed by atoms with Gasteiger partial charge in [0.05, 0.1) is 11.6 Å². The van der Waals surface area contributed by atoms with E-state index in [0.29, 0.717) is 6.04 Å². The summed E-state index contributed by atoms with van der Waals surface area (Å²) in [5.74, 6) is -0.810. The van der Waals surface area contributed by atoms with Crippen molar-refractivity contribution in [3.63, 3.8) is 0 Å². The van der Waals surface area contributed by atoms with E-state index in [1.165, 1.54) is 6.42 Å². The maximum Gasteiger partial charge on any atom is 0.311 e. The first-order valence-electron chi connectivity index (χ1n) is 6.46. The summed E-state index contributed by atoms with van der Waals surface area (Å²) in [7, 11) is 0. The Bertz CT molecular complexity index is 489. The van der Waals surface area contributed by atoms with Crippen molar-refractivity contribution in [2.45, 2.75) is 37.6 Å². The minimum atomic E-state index is -0.687. The van der Waals surface area contributed by atoms with E-state index < -0.39 is 5.97 Å². The van der Waals surface area contributed by atoms with E-state index in [2.05, 4.69) is 21.2 Å². The van der Waals surface area contributed by atoms with Gasteiger partial charge in [0, 0.05) is 10.5 Å². The SMILES string of the molecule is O=C(O)C1c2cccc(Br)c2NC2CCCCC21. The van der Waals surface area contributed by atoms with Gasteiger partial charge in [0.25, 0.3) is 0 Å². The molecule has 1 aromatic rings. The Hall–Kier alpha value is -1.03. The first kappa shape index (κ1) is 12.0. The van der Waals surface area contributed by atoms with Crippen LogP contribution < -0.4 is 5.32 Å². The number of carbonyl (C=O) groups is 1. The number of aliphatic carboxylic acids is 1. The van der Waals surface area contributed by atoms with Crippen LogP contribution in [0.5, 0.6) is 0 Å². The predicted octanol–water partition coefficient (Wildman–Crippen LogP) is 3.60. The Balaban J connectivity index is 2.10. The molecule has 4 heteroatoms. The van der Waals surface area contributed by atoms with Crippen molar-refractivity contribution < 1.29 is 9.90 Å². The third-order valence-corrected chi connectivity index (χ3v) is 4.89. The van der Waals surface area contributed by atoms with Gasteiger partial charge in [-0.3, -0.25) is 4.79 Å². The first-order chi connectivity index (χ1) is 8.68. The summed E-state index contributed by atoms with van der Waals surface area (Å²) >= 11 is 3.52. The summed E-state index contributed by atoms with van der Waals surface area (Å²) in [4.78, 5) is 11.6. The Labute approximate surface area is 115 Å². The third-order valence-electron chi connectivity index (χ3n) is 4.22. The monoisotopic (exact) mass is 309 g/mol. The number of hydrogen-bond donors (Lipinski definition) is 2. The van der Waals surface area contributed by atoms with Crippen LogP contribution in [0.25, 0.3) is 0 Å². The lowest BCUT2D eigenvalue weighted by molar-refractivity contribution is -0.140. The minimum absolute atomic E-state index is 0.234. The second-order valence-corrected chi connectivity index (χ2v) is 6.07. The highest BCUT2D eigenvalue weighted by atomic mass is 79.9. The number of hydrogen-bond acceptors (Lipinski definition) is 2. The molecule has 0 radical (unpaired) electrons. The largest absolute Gasteiger partial charge is 0.481 e. The molecular weight excluding hydrogens is 294 g/mol. The van der Waals surface area contributed by atoms with Crippen molar-refractivity contribution in [1.82, 2.24) is 0 Å². The van der Waals surface area contributed by atoms with Crippen molar-refractivity contribution in [1.29, 1.82) is 0 Å². The fraction of sp³-hybridized carbons (Fsp3) is 0.500. The van der Waals surface area contributed by atoms with E-state index in [0.717, 1.165) is 35.0 Å². The molecule has 1 heterocycles. The minimum Gasteiger partial charge on any atom is -0.481 e. The van der Waals surface area contributed by atoms with Gasteiger partial charge < -0.3 is 10.4 Å². The standard InChI is InChI=1S/C14H16BrNO2/c15-10-6-3-5-9-12(14(17)18)8-4-1-2-7-11(8)16-13(9)10/h3,5-6,8,11-12,16H,1-2,4,7H2,(H,17,18). The second kappa shape index (κ2) is 4.57. The summed E-state index contributed by atoms with van der Waals surface area (Å²) in [6.07, 6.45) is 4.44. The maximum absolute atomic E-state index is 11.6. The molecule has 18 heavy (non-hydrogen) atoms. The van der Waals surface area contributed by atoms with Gasteiger partial charge in [-0.05, 0) is 46.3 Å². The highest BCUT2D eigenvalue weighted by Crippen LogP contribution is 2.46. The number of anilines is 1. The van der Waals surface area contributed by atoms with Crippen molar-refractivity contribution >= 4 is 27.6 Å². The lowest BCUT2D eigenvalue weighted by Crippen LogP contribution is -2.42. The Morgan fingerprint density at radius 1 is 1.33 bits per heavy atom. The zero-order chi connectivity index (χ0) is 12.7. The number of fused-ring (bicyclic) bond motifs is 2. The van der Waals surface area contributed by atoms with Crippen LogP contribution in [0.15, 0.2) is 22.7 Å². The molecule has 0 spiro atoms.